The molecule has 7 nitrogen and oxygen atoms in total. The van der Waals surface area contributed by atoms with Gasteiger partial charge in [-0.15, -0.1) is 11.8 Å². The van der Waals surface area contributed by atoms with Crippen LogP contribution in [0.3, 0.4) is 0 Å². The zero-order valence-corrected chi connectivity index (χ0v) is 12.4. The van der Waals surface area contributed by atoms with Gasteiger partial charge in [0, 0.05) is 32.5 Å². The van der Waals surface area contributed by atoms with Crippen LogP contribution in [0.15, 0.2) is 15.5 Å². The first kappa shape index (κ1) is 15.5. The SMILES string of the molecule is CN(C)C(=O)c1noc2c1C(=O)C(SCCCO)=CC2=O. The molecular formula is C13H14N2O5S. The van der Waals surface area contributed by atoms with Crippen LogP contribution in [0.2, 0.25) is 0 Å². The first-order valence-corrected chi connectivity index (χ1v) is 7.21. The number of Topliss-reactive ketones (excluding diaryl/α,β-unsaturated/α-hetero) is 1. The summed E-state index contributed by atoms with van der Waals surface area (Å²) < 4.78 is 4.85. The Morgan fingerprint density at radius 1 is 1.43 bits per heavy atom. The molecule has 0 atom stereocenters. The molecule has 1 amide bonds. The van der Waals surface area contributed by atoms with E-state index in [9.17, 15) is 14.4 Å². The highest BCUT2D eigenvalue weighted by molar-refractivity contribution is 8.04. The Labute approximate surface area is 125 Å². The van der Waals surface area contributed by atoms with E-state index in [0.29, 0.717) is 12.2 Å². The van der Waals surface area contributed by atoms with Gasteiger partial charge < -0.3 is 14.5 Å². The van der Waals surface area contributed by atoms with E-state index in [1.165, 1.54) is 36.8 Å². The summed E-state index contributed by atoms with van der Waals surface area (Å²) in [7, 11) is 3.04. The molecule has 0 spiro atoms. The highest BCUT2D eigenvalue weighted by Gasteiger charge is 2.36. The second kappa shape index (κ2) is 6.23. The number of hydrogen-bond acceptors (Lipinski definition) is 7. The van der Waals surface area contributed by atoms with Gasteiger partial charge >= 0.3 is 0 Å². The van der Waals surface area contributed by atoms with Gasteiger partial charge in [0.25, 0.3) is 5.91 Å². The minimum Gasteiger partial charge on any atom is -0.396 e. The zero-order chi connectivity index (χ0) is 15.6. The van der Waals surface area contributed by atoms with Crippen LogP contribution in [0.4, 0.5) is 0 Å². The predicted octanol–water partition coefficient (Wildman–Crippen LogP) is 0.755. The van der Waals surface area contributed by atoms with E-state index in [1.807, 2.05) is 0 Å². The number of rotatable bonds is 5. The molecular weight excluding hydrogens is 296 g/mol. The van der Waals surface area contributed by atoms with Crippen molar-refractivity contribution in [2.75, 3.05) is 26.5 Å². The van der Waals surface area contributed by atoms with Crippen molar-refractivity contribution in [3.05, 3.63) is 28.0 Å². The number of nitrogens with zero attached hydrogens (tertiary/aromatic N) is 2. The summed E-state index contributed by atoms with van der Waals surface area (Å²) in [6, 6.07) is 0. The molecule has 0 aliphatic heterocycles. The van der Waals surface area contributed by atoms with Crippen LogP contribution >= 0.6 is 11.8 Å². The second-order valence-electron chi connectivity index (χ2n) is 4.56. The molecule has 1 aromatic heterocycles. The maximum absolute atomic E-state index is 12.4. The first-order chi connectivity index (χ1) is 9.97. The third-order valence-corrected chi connectivity index (χ3v) is 3.90. The van der Waals surface area contributed by atoms with Crippen molar-refractivity contribution >= 4 is 29.2 Å². The number of thioether (sulfide) groups is 1. The fourth-order valence-corrected chi connectivity index (χ4v) is 2.67. The van der Waals surface area contributed by atoms with Crippen LogP contribution < -0.4 is 0 Å². The molecule has 1 N–H and O–H groups in total. The van der Waals surface area contributed by atoms with Gasteiger partial charge in [0.1, 0.15) is 5.56 Å². The molecule has 1 aliphatic rings. The van der Waals surface area contributed by atoms with Crippen molar-refractivity contribution in [3.8, 4) is 0 Å². The van der Waals surface area contributed by atoms with Gasteiger partial charge in [-0.25, -0.2) is 0 Å². The average Bonchev–Trinajstić information content (AvgIpc) is 2.88. The summed E-state index contributed by atoms with van der Waals surface area (Å²) in [6.07, 6.45) is 1.69. The molecule has 2 rings (SSSR count). The molecule has 21 heavy (non-hydrogen) atoms. The lowest BCUT2D eigenvalue weighted by molar-refractivity contribution is 0.0812. The number of fused-ring (bicyclic) bond motifs is 1. The summed E-state index contributed by atoms with van der Waals surface area (Å²) in [5, 5.41) is 12.3. The number of aliphatic hydroxyl groups is 1. The zero-order valence-electron chi connectivity index (χ0n) is 11.6. The van der Waals surface area contributed by atoms with Crippen LogP contribution in [0.25, 0.3) is 0 Å². The average molecular weight is 310 g/mol. The number of carbonyl (C=O) groups excluding carboxylic acids is 3. The van der Waals surface area contributed by atoms with Crippen molar-refractivity contribution in [3.63, 3.8) is 0 Å². The first-order valence-electron chi connectivity index (χ1n) is 6.23. The summed E-state index contributed by atoms with van der Waals surface area (Å²) >= 11 is 1.17. The van der Waals surface area contributed by atoms with Gasteiger partial charge in [-0.1, -0.05) is 5.16 Å². The van der Waals surface area contributed by atoms with E-state index < -0.39 is 17.5 Å². The fraction of sp³-hybridized carbons (Fsp3) is 0.385. The lowest BCUT2D eigenvalue weighted by Crippen LogP contribution is -2.25. The lowest BCUT2D eigenvalue weighted by Gasteiger charge is -2.12. The van der Waals surface area contributed by atoms with E-state index >= 15 is 0 Å². The molecule has 1 aromatic rings. The highest BCUT2D eigenvalue weighted by atomic mass is 32.2. The van der Waals surface area contributed by atoms with Crippen LogP contribution in [-0.4, -0.2) is 59.1 Å². The topological polar surface area (TPSA) is 101 Å². The summed E-state index contributed by atoms with van der Waals surface area (Å²) in [5.41, 5.74) is -0.227. The van der Waals surface area contributed by atoms with Crippen LogP contribution in [0.5, 0.6) is 0 Å². The van der Waals surface area contributed by atoms with Gasteiger partial charge in [0.05, 0.1) is 4.91 Å². The standard InChI is InChI=1S/C13H14N2O5S/c1-15(2)13(19)10-9-11(18)8(21-5-3-4-16)6-7(17)12(9)20-14-10/h6,16H,3-5H2,1-2H3. The van der Waals surface area contributed by atoms with Crippen molar-refractivity contribution in [2.24, 2.45) is 0 Å². The number of carbonyl (C=O) groups is 3. The molecule has 0 aromatic carbocycles. The minimum absolute atomic E-state index is 0.00526. The van der Waals surface area contributed by atoms with E-state index in [1.54, 1.807) is 0 Å². The molecule has 112 valence electrons. The Balaban J connectivity index is 2.34. The molecule has 0 radical (unpaired) electrons. The summed E-state index contributed by atoms with van der Waals surface area (Å²) in [4.78, 5) is 37.8. The van der Waals surface area contributed by atoms with Crippen LogP contribution in [0, 0.1) is 0 Å². The third-order valence-electron chi connectivity index (χ3n) is 2.80. The largest absolute Gasteiger partial charge is 0.396 e. The number of allylic oxidation sites excluding steroid dienone is 2. The summed E-state index contributed by atoms with van der Waals surface area (Å²) in [5.74, 6) is -1.13. The van der Waals surface area contributed by atoms with E-state index in [0.717, 1.165) is 0 Å². The number of hydrogen-bond donors (Lipinski definition) is 1. The fourth-order valence-electron chi connectivity index (χ4n) is 1.75. The van der Waals surface area contributed by atoms with E-state index in [-0.39, 0.29) is 28.5 Å². The van der Waals surface area contributed by atoms with Crippen LogP contribution in [-0.2, 0) is 0 Å². The minimum atomic E-state index is -0.497. The molecule has 0 unspecified atom stereocenters. The summed E-state index contributed by atoms with van der Waals surface area (Å²) in [6.45, 7) is 0.00526. The third kappa shape index (κ3) is 2.91. The molecule has 0 bridgehead atoms. The van der Waals surface area contributed by atoms with Crippen molar-refractivity contribution < 1.29 is 24.0 Å². The Bertz CT molecular complexity index is 633. The maximum atomic E-state index is 12.4. The quantitative estimate of drug-likeness (QED) is 0.801. The van der Waals surface area contributed by atoms with Crippen molar-refractivity contribution in [1.82, 2.24) is 10.1 Å². The predicted molar refractivity (Wildman–Crippen MR) is 75.4 cm³/mol. The van der Waals surface area contributed by atoms with Gasteiger partial charge in [-0.05, 0) is 6.42 Å². The monoisotopic (exact) mass is 310 g/mol. The molecule has 8 heteroatoms. The second-order valence-corrected chi connectivity index (χ2v) is 5.70. The van der Waals surface area contributed by atoms with Crippen molar-refractivity contribution in [1.29, 1.82) is 0 Å². The Morgan fingerprint density at radius 2 is 2.14 bits per heavy atom. The van der Waals surface area contributed by atoms with Gasteiger partial charge in [-0.3, -0.25) is 14.4 Å². The molecule has 0 fully saturated rings. The highest BCUT2D eigenvalue weighted by Crippen LogP contribution is 2.31. The lowest BCUT2D eigenvalue weighted by atomic mass is 9.99. The van der Waals surface area contributed by atoms with Gasteiger partial charge in [0.15, 0.2) is 5.69 Å². The van der Waals surface area contributed by atoms with E-state index in [2.05, 4.69) is 5.16 Å². The molecule has 1 aliphatic carbocycles. The number of ketones is 2. The van der Waals surface area contributed by atoms with Crippen LogP contribution in [0.1, 0.15) is 37.8 Å². The van der Waals surface area contributed by atoms with Gasteiger partial charge in [-0.2, -0.15) is 0 Å². The van der Waals surface area contributed by atoms with Crippen molar-refractivity contribution in [2.45, 2.75) is 6.42 Å². The number of aromatic nitrogens is 1. The Hall–Kier alpha value is -1.93. The number of aliphatic hydroxyl groups excluding tert-OH is 1. The molecule has 1 heterocycles. The normalized spacial score (nSPS) is 14.0. The molecule has 0 saturated heterocycles. The van der Waals surface area contributed by atoms with Gasteiger partial charge in [0.2, 0.25) is 17.3 Å². The Morgan fingerprint density at radius 3 is 2.76 bits per heavy atom. The molecule has 0 saturated carbocycles. The number of amides is 1. The smallest absolute Gasteiger partial charge is 0.276 e. The van der Waals surface area contributed by atoms with E-state index in [4.69, 9.17) is 9.63 Å². The maximum Gasteiger partial charge on any atom is 0.276 e. The Kier molecular flexibility index (Phi) is 4.59.